The van der Waals surface area contributed by atoms with E-state index in [0.29, 0.717) is 0 Å². The van der Waals surface area contributed by atoms with Gasteiger partial charge in [-0.15, -0.1) is 0 Å². The minimum absolute atomic E-state index is 0.266. The first-order valence-electron chi connectivity index (χ1n) is 3.16. The normalized spacial score (nSPS) is 11.0. The van der Waals surface area contributed by atoms with Gasteiger partial charge in [0.05, 0.1) is 0 Å². The van der Waals surface area contributed by atoms with Gasteiger partial charge in [-0.3, -0.25) is 5.41 Å². The molecular weight excluding hydrogens is 128 g/mol. The van der Waals surface area contributed by atoms with Gasteiger partial charge in [0.15, 0.2) is 6.10 Å². The molecule has 0 aromatic rings. The monoisotopic (exact) mass is 140 g/mol. The highest BCUT2D eigenvalue weighted by molar-refractivity contribution is 5.67. The van der Waals surface area contributed by atoms with Gasteiger partial charge in [-0.05, 0) is 6.92 Å². The van der Waals surface area contributed by atoms with Gasteiger partial charge in [-0.25, -0.2) is 0 Å². The van der Waals surface area contributed by atoms with E-state index in [9.17, 15) is 0 Å². The zero-order chi connectivity index (χ0) is 7.98. The maximum atomic E-state index is 6.75. The lowest BCUT2D eigenvalue weighted by molar-refractivity contribution is 0.258. The summed E-state index contributed by atoms with van der Waals surface area (Å²) in [7, 11) is 0. The Morgan fingerprint density at radius 1 is 1.80 bits per heavy atom. The Bertz CT molecular complexity index is 166. The quantitative estimate of drug-likeness (QED) is 0.320. The third-order valence-corrected chi connectivity index (χ3v) is 0.786. The number of rotatable bonds is 1. The van der Waals surface area contributed by atoms with E-state index >= 15 is 0 Å². The fourth-order valence-corrected chi connectivity index (χ4v) is 0.466. The van der Waals surface area contributed by atoms with Crippen LogP contribution in [0.1, 0.15) is 20.3 Å². The van der Waals surface area contributed by atoms with Gasteiger partial charge in [0.25, 0.3) is 6.02 Å². The van der Waals surface area contributed by atoms with Gasteiger partial charge < -0.3 is 10.5 Å². The Labute approximate surface area is 61.1 Å². The summed E-state index contributed by atoms with van der Waals surface area (Å²) >= 11 is 0. The van der Waals surface area contributed by atoms with Crippen LogP contribution in [0.15, 0.2) is 0 Å². The average molecular weight is 140 g/mol. The first kappa shape index (κ1) is 8.83. The Morgan fingerprint density at radius 3 is 2.80 bits per heavy atom. The van der Waals surface area contributed by atoms with Crippen LogP contribution in [-0.4, -0.2) is 12.1 Å². The molecular formula is C7H12N2O. The van der Waals surface area contributed by atoms with Crippen molar-refractivity contribution in [2.45, 2.75) is 26.4 Å². The van der Waals surface area contributed by atoms with Gasteiger partial charge in [0.1, 0.15) is 0 Å². The van der Waals surface area contributed by atoms with E-state index in [1.807, 2.05) is 6.92 Å². The summed E-state index contributed by atoms with van der Waals surface area (Å²) in [5, 5.41) is 6.75. The van der Waals surface area contributed by atoms with Gasteiger partial charge in [-0.2, -0.15) is 0 Å². The molecule has 0 aliphatic rings. The van der Waals surface area contributed by atoms with Crippen LogP contribution in [0, 0.1) is 17.3 Å². The van der Waals surface area contributed by atoms with Crippen molar-refractivity contribution in [3.63, 3.8) is 0 Å². The highest BCUT2D eigenvalue weighted by Crippen LogP contribution is 1.85. The molecule has 3 nitrogen and oxygen atoms in total. The molecule has 0 saturated carbocycles. The molecule has 0 aromatic heterocycles. The van der Waals surface area contributed by atoms with Crippen molar-refractivity contribution in [3.8, 4) is 11.8 Å². The summed E-state index contributed by atoms with van der Waals surface area (Å²) in [6.07, 6.45) is 0.531. The van der Waals surface area contributed by atoms with E-state index in [2.05, 4.69) is 11.8 Å². The standard InChI is InChI=1S/C7H12N2O/c1-3-4-5-6(2)10-7(8)9/h6H,3H2,1-2H3,(H3,8,9). The second-order valence-electron chi connectivity index (χ2n) is 1.80. The number of amidine groups is 1. The van der Waals surface area contributed by atoms with Crippen molar-refractivity contribution in [3.05, 3.63) is 0 Å². The zero-order valence-corrected chi connectivity index (χ0v) is 6.27. The lowest BCUT2D eigenvalue weighted by atomic mass is 10.4. The molecule has 0 saturated heterocycles. The molecule has 0 heterocycles. The zero-order valence-electron chi connectivity index (χ0n) is 6.27. The van der Waals surface area contributed by atoms with Crippen molar-refractivity contribution in [2.75, 3.05) is 0 Å². The molecule has 0 radical (unpaired) electrons. The second-order valence-corrected chi connectivity index (χ2v) is 1.80. The number of hydrogen-bond donors (Lipinski definition) is 2. The average Bonchev–Trinajstić information content (AvgIpc) is 1.82. The molecule has 0 spiro atoms. The first-order valence-corrected chi connectivity index (χ1v) is 3.16. The maximum absolute atomic E-state index is 6.75. The molecule has 1 unspecified atom stereocenters. The molecule has 0 aliphatic heterocycles. The number of ether oxygens (including phenoxy) is 1. The molecule has 3 heteroatoms. The van der Waals surface area contributed by atoms with Crippen molar-refractivity contribution in [2.24, 2.45) is 5.73 Å². The van der Waals surface area contributed by atoms with Crippen molar-refractivity contribution < 1.29 is 4.74 Å². The van der Waals surface area contributed by atoms with E-state index in [-0.39, 0.29) is 12.1 Å². The van der Waals surface area contributed by atoms with Gasteiger partial charge in [0, 0.05) is 6.42 Å². The number of hydrogen-bond acceptors (Lipinski definition) is 2. The van der Waals surface area contributed by atoms with Crippen molar-refractivity contribution in [1.29, 1.82) is 5.41 Å². The van der Waals surface area contributed by atoms with E-state index in [0.717, 1.165) is 6.42 Å². The third kappa shape index (κ3) is 4.98. The lowest BCUT2D eigenvalue weighted by Crippen LogP contribution is -2.19. The van der Waals surface area contributed by atoms with E-state index < -0.39 is 0 Å². The van der Waals surface area contributed by atoms with Crippen LogP contribution >= 0.6 is 0 Å². The Balaban J connectivity index is 3.63. The van der Waals surface area contributed by atoms with Crippen LogP contribution in [0.4, 0.5) is 0 Å². The summed E-state index contributed by atoms with van der Waals surface area (Å²) in [4.78, 5) is 0. The molecule has 10 heavy (non-hydrogen) atoms. The van der Waals surface area contributed by atoms with Gasteiger partial charge in [-0.1, -0.05) is 18.8 Å². The second kappa shape index (κ2) is 4.68. The van der Waals surface area contributed by atoms with Crippen LogP contribution in [-0.2, 0) is 4.74 Å². The molecule has 0 aliphatic carbocycles. The third-order valence-electron chi connectivity index (χ3n) is 0.786. The molecule has 0 rings (SSSR count). The van der Waals surface area contributed by atoms with Crippen LogP contribution in [0.25, 0.3) is 0 Å². The van der Waals surface area contributed by atoms with Crippen LogP contribution in [0.5, 0.6) is 0 Å². The smallest absolute Gasteiger partial charge is 0.280 e. The first-order chi connectivity index (χ1) is 4.66. The Kier molecular flexibility index (Phi) is 4.14. The molecule has 1 atom stereocenters. The topological polar surface area (TPSA) is 59.1 Å². The SMILES string of the molecule is CCC#CC(C)OC(=N)N. The van der Waals surface area contributed by atoms with E-state index in [4.69, 9.17) is 15.9 Å². The molecule has 0 bridgehead atoms. The summed E-state index contributed by atoms with van der Waals surface area (Å²) in [6.45, 7) is 3.71. The minimum atomic E-state index is -0.280. The summed E-state index contributed by atoms with van der Waals surface area (Å²) < 4.78 is 4.74. The predicted octanol–water partition coefficient (Wildman–Crippen LogP) is 0.698. The van der Waals surface area contributed by atoms with E-state index in [1.54, 1.807) is 6.92 Å². The predicted molar refractivity (Wildman–Crippen MR) is 40.5 cm³/mol. The Morgan fingerprint density at radius 2 is 2.40 bits per heavy atom. The van der Waals surface area contributed by atoms with Gasteiger partial charge >= 0.3 is 0 Å². The minimum Gasteiger partial charge on any atom is -0.449 e. The number of nitrogens with one attached hydrogen (secondary N) is 1. The largest absolute Gasteiger partial charge is 0.449 e. The van der Waals surface area contributed by atoms with E-state index in [1.165, 1.54) is 0 Å². The molecule has 0 amide bonds. The highest BCUT2D eigenvalue weighted by Gasteiger charge is 1.95. The summed E-state index contributed by atoms with van der Waals surface area (Å²) in [5.41, 5.74) is 4.96. The van der Waals surface area contributed by atoms with Crippen molar-refractivity contribution >= 4 is 6.02 Å². The lowest BCUT2D eigenvalue weighted by Gasteiger charge is -2.04. The van der Waals surface area contributed by atoms with Gasteiger partial charge in [0.2, 0.25) is 0 Å². The summed E-state index contributed by atoms with van der Waals surface area (Å²) in [6, 6.07) is -0.280. The molecule has 0 fully saturated rings. The molecule has 3 N–H and O–H groups in total. The van der Waals surface area contributed by atoms with Crippen LogP contribution < -0.4 is 5.73 Å². The fraction of sp³-hybridized carbons (Fsp3) is 0.571. The Hall–Kier alpha value is -1.17. The molecule has 56 valence electrons. The molecule has 0 aromatic carbocycles. The van der Waals surface area contributed by atoms with Crippen LogP contribution in [0.3, 0.4) is 0 Å². The van der Waals surface area contributed by atoms with Crippen LogP contribution in [0.2, 0.25) is 0 Å². The highest BCUT2D eigenvalue weighted by atomic mass is 16.5. The maximum Gasteiger partial charge on any atom is 0.280 e. The summed E-state index contributed by atoms with van der Waals surface area (Å²) in [5.74, 6) is 5.60. The number of nitrogens with two attached hydrogens (primary N) is 1. The van der Waals surface area contributed by atoms with Crippen molar-refractivity contribution in [1.82, 2.24) is 0 Å². The fourth-order valence-electron chi connectivity index (χ4n) is 0.466.